The van der Waals surface area contributed by atoms with Gasteiger partial charge >= 0.3 is 24.0 Å². The lowest BCUT2D eigenvalue weighted by molar-refractivity contribution is -0.242. The van der Waals surface area contributed by atoms with Crippen molar-refractivity contribution in [2.75, 3.05) is 13.2 Å². The molecule has 14 heteroatoms. The zero-order valence-electron chi connectivity index (χ0n) is 24.2. The molecule has 0 radical (unpaired) electrons. The van der Waals surface area contributed by atoms with E-state index in [0.717, 1.165) is 20.8 Å². The maximum absolute atomic E-state index is 13.6. The molecule has 1 aromatic carbocycles. The molecule has 0 saturated carbocycles. The SMILES string of the molecule is CC(=O)N[C@@H]1[C@@H](OC(C)=O)[C@@H](OC(C)=O)[C@@H](COC(C)=O)O[C@@H]1N(C(=O)CCCCCN)C(=O)OCc1ccccc1. The highest BCUT2D eigenvalue weighted by Gasteiger charge is 2.54. The summed E-state index contributed by atoms with van der Waals surface area (Å²) in [6.07, 6.45) is -5.32. The summed E-state index contributed by atoms with van der Waals surface area (Å²) in [4.78, 5) is 75.9. The van der Waals surface area contributed by atoms with Crippen LogP contribution < -0.4 is 11.1 Å². The lowest BCUT2D eigenvalue weighted by Gasteiger charge is -2.47. The number of hydrogen-bond acceptors (Lipinski definition) is 12. The maximum atomic E-state index is 13.6. The second-order valence-electron chi connectivity index (χ2n) is 9.65. The normalized spacial score (nSPS) is 21.4. The Labute approximate surface area is 244 Å². The van der Waals surface area contributed by atoms with Crippen LogP contribution in [-0.4, -0.2) is 84.4 Å². The first kappa shape index (κ1) is 34.2. The summed E-state index contributed by atoms with van der Waals surface area (Å²) in [5.41, 5.74) is 6.20. The molecule has 1 aliphatic heterocycles. The van der Waals surface area contributed by atoms with E-state index in [-0.39, 0.29) is 13.0 Å². The molecule has 0 spiro atoms. The minimum absolute atomic E-state index is 0.104. The molecule has 1 aliphatic rings. The predicted octanol–water partition coefficient (Wildman–Crippen LogP) is 1.33. The summed E-state index contributed by atoms with van der Waals surface area (Å²) in [6, 6.07) is 7.33. The summed E-state index contributed by atoms with van der Waals surface area (Å²) < 4.78 is 27.5. The van der Waals surface area contributed by atoms with Crippen molar-refractivity contribution in [3.8, 4) is 0 Å². The molecule has 1 fully saturated rings. The highest BCUT2D eigenvalue weighted by atomic mass is 16.6. The Morgan fingerprint density at radius 1 is 0.857 bits per heavy atom. The Kier molecular flexibility index (Phi) is 13.9. The lowest BCUT2D eigenvalue weighted by Crippen LogP contribution is -2.70. The van der Waals surface area contributed by atoms with Gasteiger partial charge in [0.2, 0.25) is 11.8 Å². The number of ether oxygens (including phenoxy) is 5. The third-order valence-electron chi connectivity index (χ3n) is 6.11. The molecule has 0 aromatic heterocycles. The fourth-order valence-corrected chi connectivity index (χ4v) is 4.38. The number of carbonyl (C=O) groups excluding carboxylic acids is 6. The van der Waals surface area contributed by atoms with E-state index in [1.807, 2.05) is 0 Å². The van der Waals surface area contributed by atoms with Crippen molar-refractivity contribution in [2.24, 2.45) is 5.73 Å². The summed E-state index contributed by atoms with van der Waals surface area (Å²) in [6.45, 7) is 4.25. The van der Waals surface area contributed by atoms with E-state index in [2.05, 4.69) is 5.32 Å². The van der Waals surface area contributed by atoms with Crippen molar-refractivity contribution in [2.45, 2.75) is 90.6 Å². The molecule has 0 unspecified atom stereocenters. The van der Waals surface area contributed by atoms with Gasteiger partial charge in [0.05, 0.1) is 0 Å². The monoisotopic (exact) mass is 593 g/mol. The van der Waals surface area contributed by atoms with Gasteiger partial charge in [-0.25, -0.2) is 9.69 Å². The molecule has 0 bridgehead atoms. The molecule has 3 amide bonds. The molecular weight excluding hydrogens is 554 g/mol. The van der Waals surface area contributed by atoms with Gasteiger partial charge in [0.25, 0.3) is 0 Å². The van der Waals surface area contributed by atoms with E-state index in [1.165, 1.54) is 6.92 Å². The van der Waals surface area contributed by atoms with Crippen molar-refractivity contribution in [3.05, 3.63) is 35.9 Å². The van der Waals surface area contributed by atoms with Crippen LogP contribution >= 0.6 is 0 Å². The van der Waals surface area contributed by atoms with Gasteiger partial charge in [0, 0.05) is 34.1 Å². The minimum atomic E-state index is -1.61. The zero-order valence-corrected chi connectivity index (χ0v) is 24.2. The fraction of sp³-hybridized carbons (Fsp3) is 0.571. The van der Waals surface area contributed by atoms with Crippen molar-refractivity contribution < 1.29 is 52.5 Å². The highest BCUT2D eigenvalue weighted by molar-refractivity contribution is 5.92. The van der Waals surface area contributed by atoms with Crippen molar-refractivity contribution in [3.63, 3.8) is 0 Å². The number of unbranched alkanes of at least 4 members (excludes halogenated alkanes) is 2. The van der Waals surface area contributed by atoms with Crippen LogP contribution in [0.1, 0.15) is 58.9 Å². The van der Waals surface area contributed by atoms with Gasteiger partial charge in [-0.15, -0.1) is 0 Å². The first-order valence-electron chi connectivity index (χ1n) is 13.6. The standard InChI is InChI=1S/C28H39N3O11/c1-17(32)30-24-26(41-20(4)35)25(40-19(3)34)22(16-38-18(2)33)42-27(24)31(23(36)13-9-6-10-14-29)28(37)39-15-21-11-7-5-8-12-21/h5,7-8,11-12,22,24-27H,6,9-10,13-16,29H2,1-4H3,(H,30,32)/t22-,24-,25+,26-,27+/m1/s1. The smallest absolute Gasteiger partial charge is 0.419 e. The number of hydrogen-bond donors (Lipinski definition) is 2. The van der Waals surface area contributed by atoms with Crippen molar-refractivity contribution >= 4 is 35.8 Å². The number of nitrogens with zero attached hydrogens (tertiary/aromatic N) is 1. The Hall–Kier alpha value is -4.04. The van der Waals surface area contributed by atoms with Crippen LogP contribution in [0.3, 0.4) is 0 Å². The summed E-state index contributed by atoms with van der Waals surface area (Å²) in [5.74, 6) is -3.63. The second-order valence-corrected chi connectivity index (χ2v) is 9.65. The van der Waals surface area contributed by atoms with Crippen LogP contribution in [0.2, 0.25) is 0 Å². The molecule has 1 saturated heterocycles. The van der Waals surface area contributed by atoms with Gasteiger partial charge in [0.1, 0.15) is 25.4 Å². The molecule has 0 aliphatic carbocycles. The van der Waals surface area contributed by atoms with Gasteiger partial charge in [-0.1, -0.05) is 36.8 Å². The quantitative estimate of drug-likeness (QED) is 0.190. The Morgan fingerprint density at radius 2 is 1.50 bits per heavy atom. The van der Waals surface area contributed by atoms with E-state index in [0.29, 0.717) is 36.3 Å². The average Bonchev–Trinajstić information content (AvgIpc) is 2.92. The van der Waals surface area contributed by atoms with Gasteiger partial charge in [-0.3, -0.25) is 24.0 Å². The van der Waals surface area contributed by atoms with Crippen LogP contribution in [0.5, 0.6) is 0 Å². The van der Waals surface area contributed by atoms with Crippen molar-refractivity contribution in [1.29, 1.82) is 0 Å². The number of nitrogens with one attached hydrogen (secondary N) is 1. The van der Waals surface area contributed by atoms with Crippen LogP contribution in [0.25, 0.3) is 0 Å². The topological polar surface area (TPSA) is 190 Å². The van der Waals surface area contributed by atoms with E-state index in [4.69, 9.17) is 29.4 Å². The number of benzene rings is 1. The largest absolute Gasteiger partial charge is 0.463 e. The van der Waals surface area contributed by atoms with Crippen LogP contribution in [0, 0.1) is 0 Å². The lowest BCUT2D eigenvalue weighted by atomic mass is 9.94. The zero-order chi connectivity index (χ0) is 31.2. The maximum Gasteiger partial charge on any atom is 0.419 e. The summed E-state index contributed by atoms with van der Waals surface area (Å²) >= 11 is 0. The predicted molar refractivity (Wildman–Crippen MR) is 145 cm³/mol. The van der Waals surface area contributed by atoms with Crippen LogP contribution in [-0.2, 0) is 54.3 Å². The molecule has 3 N–H and O–H groups in total. The average molecular weight is 594 g/mol. The molecule has 1 heterocycles. The molecule has 5 atom stereocenters. The van der Waals surface area contributed by atoms with E-state index in [1.54, 1.807) is 30.3 Å². The third-order valence-corrected chi connectivity index (χ3v) is 6.11. The van der Waals surface area contributed by atoms with Gasteiger partial charge in [0.15, 0.2) is 18.4 Å². The van der Waals surface area contributed by atoms with Gasteiger partial charge < -0.3 is 34.7 Å². The van der Waals surface area contributed by atoms with Crippen molar-refractivity contribution in [1.82, 2.24) is 10.2 Å². The number of nitrogens with two attached hydrogens (primary N) is 1. The molecule has 42 heavy (non-hydrogen) atoms. The van der Waals surface area contributed by atoms with Gasteiger partial charge in [-0.05, 0) is 24.9 Å². The number of imide groups is 1. The highest BCUT2D eigenvalue weighted by Crippen LogP contribution is 2.30. The van der Waals surface area contributed by atoms with Crippen LogP contribution in [0.4, 0.5) is 4.79 Å². The van der Waals surface area contributed by atoms with E-state index < -0.39 is 73.0 Å². The number of carbonyl (C=O) groups is 6. The Bertz CT molecular complexity index is 1100. The molecule has 1 aromatic rings. The fourth-order valence-electron chi connectivity index (χ4n) is 4.38. The molecule has 14 nitrogen and oxygen atoms in total. The summed E-state index contributed by atoms with van der Waals surface area (Å²) in [5, 5.41) is 2.56. The van der Waals surface area contributed by atoms with Gasteiger partial charge in [-0.2, -0.15) is 0 Å². The van der Waals surface area contributed by atoms with E-state index in [9.17, 15) is 28.8 Å². The molecular formula is C28H39N3O11. The second kappa shape index (κ2) is 17.0. The Morgan fingerprint density at radius 3 is 2.07 bits per heavy atom. The Balaban J connectivity index is 2.57. The first-order valence-corrected chi connectivity index (χ1v) is 13.6. The number of amides is 3. The van der Waals surface area contributed by atoms with E-state index >= 15 is 0 Å². The van der Waals surface area contributed by atoms with Crippen LogP contribution in [0.15, 0.2) is 30.3 Å². The summed E-state index contributed by atoms with van der Waals surface area (Å²) in [7, 11) is 0. The minimum Gasteiger partial charge on any atom is -0.463 e. The number of rotatable bonds is 13. The third kappa shape index (κ3) is 10.7. The first-order chi connectivity index (χ1) is 19.9. The molecule has 2 rings (SSSR count). The molecule has 232 valence electrons. The number of esters is 3.